The van der Waals surface area contributed by atoms with Crippen LogP contribution in [0.4, 0.5) is 11.9 Å². The number of nitrogens with zero attached hydrogens (tertiary/aromatic N) is 3. The summed E-state index contributed by atoms with van der Waals surface area (Å²) in [6.45, 7) is 10.7. The summed E-state index contributed by atoms with van der Waals surface area (Å²) in [6.07, 6.45) is 0.416. The van der Waals surface area contributed by atoms with Crippen molar-refractivity contribution in [1.29, 1.82) is 0 Å². The van der Waals surface area contributed by atoms with Gasteiger partial charge in [0.15, 0.2) is 0 Å². The smallest absolute Gasteiger partial charge is 0.323 e. The molecular formula is C13H25N5O2. The highest BCUT2D eigenvalue weighted by atomic mass is 16.5. The Morgan fingerprint density at radius 3 is 2.40 bits per heavy atom. The van der Waals surface area contributed by atoms with Crippen molar-refractivity contribution in [1.82, 2.24) is 15.0 Å². The van der Waals surface area contributed by atoms with Crippen LogP contribution in [0.25, 0.3) is 0 Å². The van der Waals surface area contributed by atoms with E-state index in [0.29, 0.717) is 18.5 Å². The van der Waals surface area contributed by atoms with Gasteiger partial charge < -0.3 is 20.5 Å². The minimum atomic E-state index is -0.554. The Morgan fingerprint density at radius 1 is 1.20 bits per heavy atom. The van der Waals surface area contributed by atoms with Gasteiger partial charge in [-0.2, -0.15) is 15.0 Å². The number of aliphatic hydroxyl groups is 1. The Bertz CT molecular complexity index is 423. The van der Waals surface area contributed by atoms with E-state index in [1.165, 1.54) is 0 Å². The molecule has 7 nitrogen and oxygen atoms in total. The summed E-state index contributed by atoms with van der Waals surface area (Å²) in [5.74, 6) is 0.849. The SMILES string of the molecule is CCCNc1nc(NC(C)(C)C(C)O)nc(OCC)n1. The van der Waals surface area contributed by atoms with Crippen LogP contribution in [0.15, 0.2) is 0 Å². The number of anilines is 2. The number of rotatable bonds is 8. The Morgan fingerprint density at radius 2 is 1.85 bits per heavy atom. The zero-order valence-corrected chi connectivity index (χ0v) is 12.9. The van der Waals surface area contributed by atoms with Gasteiger partial charge in [0, 0.05) is 6.54 Å². The van der Waals surface area contributed by atoms with Gasteiger partial charge in [0.25, 0.3) is 0 Å². The van der Waals surface area contributed by atoms with Crippen LogP contribution >= 0.6 is 0 Å². The van der Waals surface area contributed by atoms with E-state index in [1.807, 2.05) is 20.8 Å². The van der Waals surface area contributed by atoms with Crippen molar-refractivity contribution < 1.29 is 9.84 Å². The van der Waals surface area contributed by atoms with Crippen molar-refractivity contribution in [2.24, 2.45) is 0 Å². The molecule has 0 spiro atoms. The molecule has 0 saturated carbocycles. The van der Waals surface area contributed by atoms with Crippen molar-refractivity contribution in [3.8, 4) is 6.01 Å². The van der Waals surface area contributed by atoms with E-state index in [4.69, 9.17) is 4.74 Å². The van der Waals surface area contributed by atoms with Crippen molar-refractivity contribution in [2.75, 3.05) is 23.8 Å². The van der Waals surface area contributed by atoms with Crippen LogP contribution in [0.2, 0.25) is 0 Å². The minimum Gasteiger partial charge on any atom is -0.464 e. The molecule has 1 rings (SSSR count). The molecule has 0 radical (unpaired) electrons. The first kappa shape index (κ1) is 16.4. The van der Waals surface area contributed by atoms with Gasteiger partial charge in [-0.3, -0.25) is 0 Å². The summed E-state index contributed by atoms with van der Waals surface area (Å²) in [5.41, 5.74) is -0.549. The molecule has 0 aliphatic carbocycles. The van der Waals surface area contributed by atoms with E-state index in [1.54, 1.807) is 6.92 Å². The van der Waals surface area contributed by atoms with Crippen molar-refractivity contribution in [3.63, 3.8) is 0 Å². The second-order valence-electron chi connectivity index (χ2n) is 5.15. The summed E-state index contributed by atoms with van der Waals surface area (Å²) in [4.78, 5) is 12.7. The number of aliphatic hydroxyl groups excluding tert-OH is 1. The fourth-order valence-corrected chi connectivity index (χ4v) is 1.31. The maximum absolute atomic E-state index is 9.74. The normalized spacial score (nSPS) is 12.9. The third-order valence-corrected chi connectivity index (χ3v) is 2.90. The molecule has 114 valence electrons. The molecule has 1 unspecified atom stereocenters. The Labute approximate surface area is 120 Å². The van der Waals surface area contributed by atoms with Crippen LogP contribution in [-0.4, -0.2) is 44.9 Å². The number of nitrogens with one attached hydrogen (secondary N) is 2. The molecule has 0 saturated heterocycles. The van der Waals surface area contributed by atoms with Crippen molar-refractivity contribution in [3.05, 3.63) is 0 Å². The number of hydrogen-bond donors (Lipinski definition) is 3. The van der Waals surface area contributed by atoms with Crippen molar-refractivity contribution >= 4 is 11.9 Å². The van der Waals surface area contributed by atoms with E-state index in [-0.39, 0.29) is 6.01 Å². The van der Waals surface area contributed by atoms with E-state index in [2.05, 4.69) is 32.5 Å². The van der Waals surface area contributed by atoms with Gasteiger partial charge in [-0.05, 0) is 34.1 Å². The molecule has 7 heteroatoms. The van der Waals surface area contributed by atoms with Gasteiger partial charge in [0.2, 0.25) is 11.9 Å². The lowest BCUT2D eigenvalue weighted by atomic mass is 9.99. The number of ether oxygens (including phenoxy) is 1. The molecule has 0 fully saturated rings. The average molecular weight is 283 g/mol. The maximum Gasteiger partial charge on any atom is 0.323 e. The van der Waals surface area contributed by atoms with Gasteiger partial charge in [0.05, 0.1) is 18.2 Å². The van der Waals surface area contributed by atoms with Gasteiger partial charge in [-0.15, -0.1) is 0 Å². The zero-order valence-electron chi connectivity index (χ0n) is 12.9. The highest BCUT2D eigenvalue weighted by Crippen LogP contribution is 2.18. The fourth-order valence-electron chi connectivity index (χ4n) is 1.31. The monoisotopic (exact) mass is 283 g/mol. The third-order valence-electron chi connectivity index (χ3n) is 2.90. The van der Waals surface area contributed by atoms with Crippen LogP contribution in [0, 0.1) is 0 Å². The molecule has 3 N–H and O–H groups in total. The Kier molecular flexibility index (Phi) is 5.94. The summed E-state index contributed by atoms with van der Waals surface area (Å²) >= 11 is 0. The first-order chi connectivity index (χ1) is 9.39. The summed E-state index contributed by atoms with van der Waals surface area (Å²) in [7, 11) is 0. The van der Waals surface area contributed by atoms with Crippen LogP contribution < -0.4 is 15.4 Å². The van der Waals surface area contributed by atoms with Crippen LogP contribution in [0.5, 0.6) is 6.01 Å². The number of aromatic nitrogens is 3. The molecular weight excluding hydrogens is 258 g/mol. The first-order valence-corrected chi connectivity index (χ1v) is 6.98. The average Bonchev–Trinajstić information content (AvgIpc) is 2.35. The van der Waals surface area contributed by atoms with E-state index in [9.17, 15) is 5.11 Å². The highest BCUT2D eigenvalue weighted by Gasteiger charge is 2.25. The third kappa shape index (κ3) is 4.80. The van der Waals surface area contributed by atoms with Crippen LogP contribution in [0.1, 0.15) is 41.0 Å². The second-order valence-corrected chi connectivity index (χ2v) is 5.15. The molecule has 0 bridgehead atoms. The van der Waals surface area contributed by atoms with Crippen molar-refractivity contribution in [2.45, 2.75) is 52.7 Å². The summed E-state index contributed by atoms with van der Waals surface area (Å²) < 4.78 is 5.34. The number of hydrogen-bond acceptors (Lipinski definition) is 7. The Balaban J connectivity index is 2.96. The fraction of sp³-hybridized carbons (Fsp3) is 0.769. The second kappa shape index (κ2) is 7.23. The molecule has 1 aromatic rings. The maximum atomic E-state index is 9.74. The molecule has 1 atom stereocenters. The predicted molar refractivity (Wildman–Crippen MR) is 79.2 cm³/mol. The van der Waals surface area contributed by atoms with Crippen LogP contribution in [-0.2, 0) is 0 Å². The minimum absolute atomic E-state index is 0.269. The molecule has 1 aromatic heterocycles. The Hall–Kier alpha value is -1.63. The lowest BCUT2D eigenvalue weighted by Gasteiger charge is -2.29. The lowest BCUT2D eigenvalue weighted by Crippen LogP contribution is -2.42. The molecule has 0 aliphatic heterocycles. The largest absolute Gasteiger partial charge is 0.464 e. The molecule has 1 heterocycles. The predicted octanol–water partition coefficient (Wildman–Crippen LogP) is 1.66. The van der Waals surface area contributed by atoms with Crippen LogP contribution in [0.3, 0.4) is 0 Å². The molecule has 0 aliphatic rings. The van der Waals surface area contributed by atoms with Gasteiger partial charge >= 0.3 is 6.01 Å². The van der Waals surface area contributed by atoms with Gasteiger partial charge in [-0.25, -0.2) is 0 Å². The lowest BCUT2D eigenvalue weighted by molar-refractivity contribution is 0.132. The van der Waals surface area contributed by atoms with Gasteiger partial charge in [-0.1, -0.05) is 6.92 Å². The molecule has 20 heavy (non-hydrogen) atoms. The standard InChI is InChI=1S/C13H25N5O2/c1-6-8-14-10-15-11(17-12(16-10)20-7-2)18-13(4,5)9(3)19/h9,19H,6-8H2,1-5H3,(H2,14,15,16,17,18). The van der Waals surface area contributed by atoms with E-state index in [0.717, 1.165) is 13.0 Å². The van der Waals surface area contributed by atoms with E-state index < -0.39 is 11.6 Å². The molecule has 0 amide bonds. The van der Waals surface area contributed by atoms with E-state index >= 15 is 0 Å². The topological polar surface area (TPSA) is 92.2 Å². The highest BCUT2D eigenvalue weighted by molar-refractivity contribution is 5.38. The molecule has 0 aromatic carbocycles. The zero-order chi connectivity index (χ0) is 15.2. The van der Waals surface area contributed by atoms with Gasteiger partial charge in [0.1, 0.15) is 0 Å². The first-order valence-electron chi connectivity index (χ1n) is 6.98. The summed E-state index contributed by atoms with van der Waals surface area (Å²) in [5, 5.41) is 15.9. The summed E-state index contributed by atoms with van der Waals surface area (Å²) in [6, 6.07) is 0.269. The quantitative estimate of drug-likeness (QED) is 0.668.